The van der Waals surface area contributed by atoms with Crippen molar-refractivity contribution in [2.75, 3.05) is 20.3 Å². The molecule has 0 amide bonds. The van der Waals surface area contributed by atoms with Crippen LogP contribution in [0.2, 0.25) is 0 Å². The third-order valence-electron chi connectivity index (χ3n) is 3.31. The zero-order chi connectivity index (χ0) is 12.7. The molecular formula is C13H25NO3. The van der Waals surface area contributed by atoms with Crippen LogP contribution in [0.25, 0.3) is 0 Å². The standard InChI is InChI=1S/C13H25NO3/c1-4-17-13(15)12(10(2)9-16-3)14-11-7-5-6-8-11/h10-12,14H,4-9H2,1-3H3. The molecule has 0 radical (unpaired) electrons. The van der Waals surface area contributed by atoms with E-state index >= 15 is 0 Å². The molecule has 0 heterocycles. The molecule has 0 aliphatic heterocycles. The summed E-state index contributed by atoms with van der Waals surface area (Å²) in [6, 6.07) is 0.224. The maximum Gasteiger partial charge on any atom is 0.323 e. The van der Waals surface area contributed by atoms with E-state index in [1.165, 1.54) is 12.8 Å². The normalized spacial score (nSPS) is 20.2. The van der Waals surface area contributed by atoms with Crippen LogP contribution >= 0.6 is 0 Å². The van der Waals surface area contributed by atoms with E-state index in [2.05, 4.69) is 5.32 Å². The Kier molecular flexibility index (Phi) is 6.52. The second kappa shape index (κ2) is 7.67. The van der Waals surface area contributed by atoms with Crippen molar-refractivity contribution in [3.63, 3.8) is 0 Å². The van der Waals surface area contributed by atoms with Crippen LogP contribution in [0.5, 0.6) is 0 Å². The predicted molar refractivity (Wildman–Crippen MR) is 66.9 cm³/mol. The molecule has 2 atom stereocenters. The maximum atomic E-state index is 11.9. The fraction of sp³-hybridized carbons (Fsp3) is 0.923. The highest BCUT2D eigenvalue weighted by Crippen LogP contribution is 2.20. The lowest BCUT2D eigenvalue weighted by molar-refractivity contribution is -0.147. The largest absolute Gasteiger partial charge is 0.465 e. The van der Waals surface area contributed by atoms with Crippen LogP contribution in [-0.2, 0) is 14.3 Å². The molecule has 0 spiro atoms. The number of hydrogen-bond donors (Lipinski definition) is 1. The molecule has 17 heavy (non-hydrogen) atoms. The number of esters is 1. The van der Waals surface area contributed by atoms with Gasteiger partial charge >= 0.3 is 5.97 Å². The van der Waals surface area contributed by atoms with Crippen LogP contribution in [-0.4, -0.2) is 38.4 Å². The highest BCUT2D eigenvalue weighted by atomic mass is 16.5. The van der Waals surface area contributed by atoms with Crippen LogP contribution in [0.4, 0.5) is 0 Å². The van der Waals surface area contributed by atoms with Gasteiger partial charge in [-0.3, -0.25) is 4.79 Å². The van der Waals surface area contributed by atoms with E-state index in [0.29, 0.717) is 19.3 Å². The van der Waals surface area contributed by atoms with Gasteiger partial charge < -0.3 is 14.8 Å². The molecule has 1 saturated carbocycles. The first kappa shape index (κ1) is 14.5. The van der Waals surface area contributed by atoms with Crippen molar-refractivity contribution in [1.82, 2.24) is 5.32 Å². The molecule has 1 N–H and O–H groups in total. The van der Waals surface area contributed by atoms with E-state index in [-0.39, 0.29) is 17.9 Å². The second-order valence-electron chi connectivity index (χ2n) is 4.81. The number of carbonyl (C=O) groups excluding carboxylic acids is 1. The van der Waals surface area contributed by atoms with E-state index in [1.807, 2.05) is 13.8 Å². The highest BCUT2D eigenvalue weighted by Gasteiger charge is 2.29. The van der Waals surface area contributed by atoms with Gasteiger partial charge in [0.05, 0.1) is 13.2 Å². The Morgan fingerprint density at radius 2 is 2.06 bits per heavy atom. The molecule has 2 unspecified atom stereocenters. The molecule has 0 bridgehead atoms. The van der Waals surface area contributed by atoms with Crippen LogP contribution in [0, 0.1) is 5.92 Å². The Morgan fingerprint density at radius 3 is 2.59 bits per heavy atom. The van der Waals surface area contributed by atoms with Gasteiger partial charge in [-0.25, -0.2) is 0 Å². The van der Waals surface area contributed by atoms with Crippen molar-refractivity contribution < 1.29 is 14.3 Å². The van der Waals surface area contributed by atoms with Gasteiger partial charge in [0.15, 0.2) is 0 Å². The topological polar surface area (TPSA) is 47.6 Å². The monoisotopic (exact) mass is 243 g/mol. The fourth-order valence-electron chi connectivity index (χ4n) is 2.40. The Bertz CT molecular complexity index is 227. The maximum absolute atomic E-state index is 11.9. The van der Waals surface area contributed by atoms with Gasteiger partial charge in [-0.2, -0.15) is 0 Å². The molecule has 1 aliphatic carbocycles. The molecule has 0 saturated heterocycles. The lowest BCUT2D eigenvalue weighted by Crippen LogP contribution is -2.48. The third kappa shape index (κ3) is 4.64. The van der Waals surface area contributed by atoms with Crippen molar-refractivity contribution in [1.29, 1.82) is 0 Å². The lowest BCUT2D eigenvalue weighted by Gasteiger charge is -2.26. The van der Waals surface area contributed by atoms with Gasteiger partial charge in [-0.15, -0.1) is 0 Å². The number of methoxy groups -OCH3 is 1. The summed E-state index contributed by atoms with van der Waals surface area (Å²) in [7, 11) is 1.66. The minimum absolute atomic E-state index is 0.139. The average molecular weight is 243 g/mol. The third-order valence-corrected chi connectivity index (χ3v) is 3.31. The minimum atomic E-state index is -0.238. The van der Waals surface area contributed by atoms with Crippen molar-refractivity contribution in [2.45, 2.75) is 51.6 Å². The average Bonchev–Trinajstić information content (AvgIpc) is 2.79. The summed E-state index contributed by atoms with van der Waals surface area (Å²) in [5, 5.41) is 3.43. The molecule has 0 aromatic carbocycles. The summed E-state index contributed by atoms with van der Waals surface area (Å²) in [6.45, 7) is 4.86. The van der Waals surface area contributed by atoms with E-state index in [0.717, 1.165) is 12.8 Å². The van der Waals surface area contributed by atoms with Crippen LogP contribution < -0.4 is 5.32 Å². The van der Waals surface area contributed by atoms with E-state index in [1.54, 1.807) is 7.11 Å². The summed E-state index contributed by atoms with van der Waals surface area (Å²) >= 11 is 0. The van der Waals surface area contributed by atoms with Gasteiger partial charge in [0.25, 0.3) is 0 Å². The van der Waals surface area contributed by atoms with Gasteiger partial charge in [0.2, 0.25) is 0 Å². The molecule has 4 nitrogen and oxygen atoms in total. The minimum Gasteiger partial charge on any atom is -0.465 e. The van der Waals surface area contributed by atoms with Crippen LogP contribution in [0.1, 0.15) is 39.5 Å². The number of carbonyl (C=O) groups is 1. The van der Waals surface area contributed by atoms with E-state index in [4.69, 9.17) is 9.47 Å². The Balaban J connectivity index is 2.53. The summed E-state index contributed by atoms with van der Waals surface area (Å²) in [5.74, 6) is -0.0106. The van der Waals surface area contributed by atoms with Crippen molar-refractivity contribution in [2.24, 2.45) is 5.92 Å². The summed E-state index contributed by atoms with van der Waals surface area (Å²) in [4.78, 5) is 11.9. The number of nitrogens with one attached hydrogen (secondary N) is 1. The predicted octanol–water partition coefficient (Wildman–Crippen LogP) is 1.73. The fourth-order valence-corrected chi connectivity index (χ4v) is 2.40. The SMILES string of the molecule is CCOC(=O)C(NC1CCCC1)C(C)COC. The number of rotatable bonds is 7. The molecule has 1 aliphatic rings. The Hall–Kier alpha value is -0.610. The van der Waals surface area contributed by atoms with Gasteiger partial charge in [0, 0.05) is 19.1 Å². The Morgan fingerprint density at radius 1 is 1.41 bits per heavy atom. The summed E-state index contributed by atoms with van der Waals surface area (Å²) in [5.41, 5.74) is 0. The number of ether oxygens (including phenoxy) is 2. The smallest absolute Gasteiger partial charge is 0.323 e. The molecular weight excluding hydrogens is 218 g/mol. The van der Waals surface area contributed by atoms with E-state index in [9.17, 15) is 4.79 Å². The summed E-state index contributed by atoms with van der Waals surface area (Å²) in [6.07, 6.45) is 4.84. The van der Waals surface area contributed by atoms with Crippen LogP contribution in [0.15, 0.2) is 0 Å². The second-order valence-corrected chi connectivity index (χ2v) is 4.81. The first-order chi connectivity index (χ1) is 8.19. The van der Waals surface area contributed by atoms with Crippen molar-refractivity contribution >= 4 is 5.97 Å². The quantitative estimate of drug-likeness (QED) is 0.692. The van der Waals surface area contributed by atoms with Crippen molar-refractivity contribution in [3.05, 3.63) is 0 Å². The molecule has 1 rings (SSSR count). The van der Waals surface area contributed by atoms with Crippen LogP contribution in [0.3, 0.4) is 0 Å². The van der Waals surface area contributed by atoms with Gasteiger partial charge in [-0.05, 0) is 19.8 Å². The molecule has 1 fully saturated rings. The lowest BCUT2D eigenvalue weighted by atomic mass is 10.0. The van der Waals surface area contributed by atoms with Crippen molar-refractivity contribution in [3.8, 4) is 0 Å². The first-order valence-corrected chi connectivity index (χ1v) is 6.60. The highest BCUT2D eigenvalue weighted by molar-refractivity contribution is 5.76. The zero-order valence-corrected chi connectivity index (χ0v) is 11.2. The Labute approximate surface area is 104 Å². The molecule has 0 aromatic rings. The van der Waals surface area contributed by atoms with Gasteiger partial charge in [0.1, 0.15) is 6.04 Å². The summed E-state index contributed by atoms with van der Waals surface area (Å²) < 4.78 is 10.3. The molecule has 0 aromatic heterocycles. The number of hydrogen-bond acceptors (Lipinski definition) is 4. The molecule has 100 valence electrons. The van der Waals surface area contributed by atoms with Gasteiger partial charge in [-0.1, -0.05) is 19.8 Å². The van der Waals surface area contributed by atoms with E-state index < -0.39 is 0 Å². The zero-order valence-electron chi connectivity index (χ0n) is 11.2. The first-order valence-electron chi connectivity index (χ1n) is 6.60. The molecule has 4 heteroatoms.